The first-order valence-corrected chi connectivity index (χ1v) is 14.0. The summed E-state index contributed by atoms with van der Waals surface area (Å²) >= 11 is 0. The van der Waals surface area contributed by atoms with Gasteiger partial charge in [0.05, 0.1) is 12.7 Å². The predicted molar refractivity (Wildman–Crippen MR) is 159 cm³/mol. The standard InChI is InChI=1S/C32H40N2O2.CH2O3/c1-4-32(2,26-14-9-6-10-15-26)20-11-21-34-22-18-27(19-23-34)33-31(35)30-24-28(36-3)16-17-29(30)25-12-7-5-8-13-25;2-1(3)4/h5-10,12-17,24,27H,4,11,18-23H2,1-3H3,(H,33,35);(H2,2,3,4). The Kier molecular flexibility index (Phi) is 11.6. The maximum atomic E-state index is 13.3. The molecule has 1 heterocycles. The maximum Gasteiger partial charge on any atom is 0.503 e. The number of amides is 1. The molecule has 1 aliphatic heterocycles. The van der Waals surface area contributed by atoms with E-state index in [4.69, 9.17) is 19.7 Å². The number of ether oxygens (including phenoxy) is 1. The number of carbonyl (C=O) groups excluding carboxylic acids is 1. The van der Waals surface area contributed by atoms with Crippen molar-refractivity contribution in [2.45, 2.75) is 57.4 Å². The van der Waals surface area contributed by atoms with Crippen LogP contribution in [0.25, 0.3) is 11.1 Å². The molecule has 3 N–H and O–H groups in total. The van der Waals surface area contributed by atoms with E-state index in [0.29, 0.717) is 11.3 Å². The highest BCUT2D eigenvalue weighted by Gasteiger charge is 2.26. The number of hydrogen-bond acceptors (Lipinski definition) is 4. The van der Waals surface area contributed by atoms with Crippen molar-refractivity contribution in [2.24, 2.45) is 0 Å². The van der Waals surface area contributed by atoms with E-state index in [0.717, 1.165) is 50.0 Å². The molecule has 0 spiro atoms. The molecule has 1 aliphatic rings. The van der Waals surface area contributed by atoms with Gasteiger partial charge in [-0.2, -0.15) is 0 Å². The summed E-state index contributed by atoms with van der Waals surface area (Å²) < 4.78 is 5.41. The molecule has 3 aromatic carbocycles. The minimum atomic E-state index is -1.83. The lowest BCUT2D eigenvalue weighted by molar-refractivity contribution is 0.0910. The summed E-state index contributed by atoms with van der Waals surface area (Å²) in [7, 11) is 1.64. The van der Waals surface area contributed by atoms with E-state index < -0.39 is 6.16 Å². The molecule has 1 unspecified atom stereocenters. The Morgan fingerprint density at radius 2 is 1.57 bits per heavy atom. The zero-order valence-corrected chi connectivity index (χ0v) is 23.8. The molecule has 1 atom stereocenters. The Bertz CT molecular complexity index is 1210. The van der Waals surface area contributed by atoms with Crippen LogP contribution in [0.2, 0.25) is 0 Å². The van der Waals surface area contributed by atoms with E-state index in [1.165, 1.54) is 18.4 Å². The Morgan fingerprint density at radius 1 is 0.975 bits per heavy atom. The fourth-order valence-corrected chi connectivity index (χ4v) is 5.33. The molecule has 214 valence electrons. The number of nitrogens with one attached hydrogen (secondary N) is 1. The minimum Gasteiger partial charge on any atom is -0.497 e. The number of hydrogen-bond donors (Lipinski definition) is 3. The Morgan fingerprint density at radius 3 is 2.15 bits per heavy atom. The van der Waals surface area contributed by atoms with E-state index in [1.54, 1.807) is 7.11 Å². The van der Waals surface area contributed by atoms with Gasteiger partial charge in [0.1, 0.15) is 5.75 Å². The fraction of sp³-hybridized carbons (Fsp3) is 0.394. The summed E-state index contributed by atoms with van der Waals surface area (Å²) in [4.78, 5) is 24.4. The molecule has 40 heavy (non-hydrogen) atoms. The number of carboxylic acid groups (broad SMARTS) is 2. The summed E-state index contributed by atoms with van der Waals surface area (Å²) in [6.07, 6.45) is 3.68. The molecule has 7 heteroatoms. The van der Waals surface area contributed by atoms with Crippen LogP contribution in [0.4, 0.5) is 4.79 Å². The van der Waals surface area contributed by atoms with Crippen LogP contribution in [-0.2, 0) is 5.41 Å². The Balaban J connectivity index is 0.00000103. The molecule has 0 bridgehead atoms. The molecule has 1 fully saturated rings. The topological polar surface area (TPSA) is 99.1 Å². The molecular formula is C33H42N2O5. The molecule has 1 amide bonds. The van der Waals surface area contributed by atoms with Crippen LogP contribution >= 0.6 is 0 Å². The molecule has 4 rings (SSSR count). The van der Waals surface area contributed by atoms with Crippen molar-refractivity contribution >= 4 is 12.1 Å². The first-order valence-electron chi connectivity index (χ1n) is 14.0. The van der Waals surface area contributed by atoms with Crippen LogP contribution in [0.15, 0.2) is 78.9 Å². The van der Waals surface area contributed by atoms with Crippen LogP contribution in [0.1, 0.15) is 61.9 Å². The van der Waals surface area contributed by atoms with Crippen molar-refractivity contribution < 1.29 is 24.5 Å². The van der Waals surface area contributed by atoms with E-state index >= 15 is 0 Å². The third-order valence-electron chi connectivity index (χ3n) is 7.93. The van der Waals surface area contributed by atoms with Crippen LogP contribution in [-0.4, -0.2) is 60.0 Å². The summed E-state index contributed by atoms with van der Waals surface area (Å²) in [6.45, 7) is 7.88. The second-order valence-electron chi connectivity index (χ2n) is 10.5. The van der Waals surface area contributed by atoms with Gasteiger partial charge in [0.25, 0.3) is 5.91 Å². The first kappa shape index (κ1) is 30.7. The van der Waals surface area contributed by atoms with Gasteiger partial charge in [0, 0.05) is 19.1 Å². The van der Waals surface area contributed by atoms with Gasteiger partial charge in [-0.1, -0.05) is 74.5 Å². The fourth-order valence-electron chi connectivity index (χ4n) is 5.33. The molecule has 7 nitrogen and oxygen atoms in total. The van der Waals surface area contributed by atoms with Crippen LogP contribution < -0.4 is 10.1 Å². The lowest BCUT2D eigenvalue weighted by Crippen LogP contribution is -2.45. The summed E-state index contributed by atoms with van der Waals surface area (Å²) in [5.41, 5.74) is 4.32. The van der Waals surface area contributed by atoms with Gasteiger partial charge in [-0.25, -0.2) is 4.79 Å². The zero-order valence-electron chi connectivity index (χ0n) is 23.8. The number of rotatable bonds is 10. The Hall–Kier alpha value is -3.84. The van der Waals surface area contributed by atoms with E-state index in [9.17, 15) is 4.79 Å². The van der Waals surface area contributed by atoms with E-state index in [-0.39, 0.29) is 17.4 Å². The Labute approximate surface area is 237 Å². The van der Waals surface area contributed by atoms with Crippen molar-refractivity contribution in [1.29, 1.82) is 0 Å². The van der Waals surface area contributed by atoms with Crippen LogP contribution in [0.5, 0.6) is 5.75 Å². The van der Waals surface area contributed by atoms with Gasteiger partial charge in [-0.15, -0.1) is 0 Å². The van der Waals surface area contributed by atoms with Crippen LogP contribution in [0, 0.1) is 0 Å². The number of carbonyl (C=O) groups is 2. The number of likely N-dealkylation sites (tertiary alicyclic amines) is 1. The van der Waals surface area contributed by atoms with Crippen molar-refractivity contribution in [3.05, 3.63) is 90.0 Å². The molecule has 3 aromatic rings. The SMILES string of the molecule is CCC(C)(CCCN1CCC(NC(=O)c2cc(OC)ccc2-c2ccccc2)CC1)c1ccccc1.O=C(O)O. The average Bonchev–Trinajstić information content (AvgIpc) is 2.98. The van der Waals surface area contributed by atoms with Gasteiger partial charge in [0.15, 0.2) is 0 Å². The van der Waals surface area contributed by atoms with Crippen molar-refractivity contribution in [3.8, 4) is 16.9 Å². The summed E-state index contributed by atoms with van der Waals surface area (Å²) in [6, 6.07) is 26.9. The van der Waals surface area contributed by atoms with Crippen molar-refractivity contribution in [1.82, 2.24) is 10.2 Å². The third kappa shape index (κ3) is 8.85. The lowest BCUT2D eigenvalue weighted by Gasteiger charge is -2.34. The number of piperidine rings is 1. The molecular weight excluding hydrogens is 504 g/mol. The van der Waals surface area contributed by atoms with Gasteiger partial charge < -0.3 is 25.2 Å². The molecule has 0 aromatic heterocycles. The average molecular weight is 547 g/mol. The monoisotopic (exact) mass is 546 g/mol. The van der Waals surface area contributed by atoms with Crippen molar-refractivity contribution in [2.75, 3.05) is 26.7 Å². The predicted octanol–water partition coefficient (Wildman–Crippen LogP) is 6.93. The van der Waals surface area contributed by atoms with Crippen molar-refractivity contribution in [3.63, 3.8) is 0 Å². The summed E-state index contributed by atoms with van der Waals surface area (Å²) in [5, 5.41) is 17.3. The molecule has 1 saturated heterocycles. The minimum absolute atomic E-state index is 0.0206. The quantitative estimate of drug-likeness (QED) is 0.255. The highest BCUT2D eigenvalue weighted by atomic mass is 16.6. The summed E-state index contributed by atoms with van der Waals surface area (Å²) in [5.74, 6) is 0.678. The van der Waals surface area contributed by atoms with Gasteiger partial charge >= 0.3 is 6.16 Å². The normalized spacial score (nSPS) is 15.3. The molecule has 0 aliphatic carbocycles. The van der Waals surface area contributed by atoms with Gasteiger partial charge in [-0.05, 0) is 79.0 Å². The lowest BCUT2D eigenvalue weighted by atomic mass is 9.76. The smallest absolute Gasteiger partial charge is 0.497 e. The molecule has 0 saturated carbocycles. The van der Waals surface area contributed by atoms with E-state index in [1.807, 2.05) is 48.5 Å². The first-order chi connectivity index (χ1) is 19.3. The largest absolute Gasteiger partial charge is 0.503 e. The second-order valence-corrected chi connectivity index (χ2v) is 10.5. The van der Waals surface area contributed by atoms with Gasteiger partial charge in [-0.3, -0.25) is 4.79 Å². The number of benzene rings is 3. The van der Waals surface area contributed by atoms with Crippen LogP contribution in [0.3, 0.4) is 0 Å². The molecule has 0 radical (unpaired) electrons. The second kappa shape index (κ2) is 15.1. The zero-order chi connectivity index (χ0) is 29.0. The highest BCUT2D eigenvalue weighted by Crippen LogP contribution is 2.32. The number of methoxy groups -OCH3 is 1. The van der Waals surface area contributed by atoms with Gasteiger partial charge in [0.2, 0.25) is 0 Å². The third-order valence-corrected chi connectivity index (χ3v) is 7.93. The number of nitrogens with zero attached hydrogens (tertiary/aromatic N) is 1. The highest BCUT2D eigenvalue weighted by molar-refractivity contribution is 6.01. The maximum absolute atomic E-state index is 13.3. The van der Waals surface area contributed by atoms with E-state index in [2.05, 4.69) is 54.4 Å².